The van der Waals surface area contributed by atoms with Crippen LogP contribution in [0.5, 0.6) is 0 Å². The largest absolute Gasteiger partial charge is 0.480 e. The molecule has 1 saturated heterocycles. The first-order valence-electron chi connectivity index (χ1n) is 18.1. The quantitative estimate of drug-likeness (QED) is 0.123. The third-order valence-corrected chi connectivity index (χ3v) is 10.1. The maximum Gasteiger partial charge on any atom is 0.408 e. The lowest BCUT2D eigenvalue weighted by molar-refractivity contribution is -0.148. The summed E-state index contributed by atoms with van der Waals surface area (Å²) in [7, 11) is 1.50. The molecule has 4 N–H and O–H groups in total. The van der Waals surface area contributed by atoms with Crippen molar-refractivity contribution < 1.29 is 47.2 Å². The molecule has 0 bridgehead atoms. The van der Waals surface area contributed by atoms with Gasteiger partial charge in [-0.2, -0.15) is 17.5 Å². The SMILES string of the molecule is CO[C@@H](C)c1ncccc1-c1c(CC(C)(C)CO)c2cc(-c3nc(CC(NC(=O)OC(C)(C)C)C(=O)N4CCCC(C(=O)O)N4)ns3)ccc2n1CC(F)(F)F. The highest BCUT2D eigenvalue weighted by molar-refractivity contribution is 7.09. The van der Waals surface area contributed by atoms with Crippen molar-refractivity contribution in [2.24, 2.45) is 5.41 Å². The Labute approximate surface area is 326 Å². The predicted molar refractivity (Wildman–Crippen MR) is 202 cm³/mol. The minimum atomic E-state index is -4.58. The smallest absolute Gasteiger partial charge is 0.408 e. The highest BCUT2D eigenvalue weighted by atomic mass is 32.1. The number of pyridine rings is 1. The molecule has 4 heterocycles. The van der Waals surface area contributed by atoms with E-state index in [0.717, 1.165) is 11.5 Å². The molecule has 1 fully saturated rings. The number of aliphatic hydroxyl groups excluding tert-OH is 1. The van der Waals surface area contributed by atoms with Gasteiger partial charge in [0.2, 0.25) is 0 Å². The Morgan fingerprint density at radius 1 is 1.14 bits per heavy atom. The summed E-state index contributed by atoms with van der Waals surface area (Å²) in [4.78, 5) is 47.4. The van der Waals surface area contributed by atoms with Gasteiger partial charge in [-0.05, 0) is 99.8 Å². The summed E-state index contributed by atoms with van der Waals surface area (Å²) in [6.45, 7) is 9.14. The van der Waals surface area contributed by atoms with Crippen LogP contribution >= 0.6 is 11.5 Å². The number of hydrogen-bond donors (Lipinski definition) is 4. The number of aromatic nitrogens is 4. The average molecular weight is 804 g/mol. The Bertz CT molecular complexity index is 2060. The molecule has 3 atom stereocenters. The Hall–Kier alpha value is -4.65. The van der Waals surface area contributed by atoms with Crippen LogP contribution in [-0.2, 0) is 38.4 Å². The predicted octanol–water partition coefficient (Wildman–Crippen LogP) is 6.07. The summed E-state index contributed by atoms with van der Waals surface area (Å²) >= 11 is 1.01. The Morgan fingerprint density at radius 3 is 2.52 bits per heavy atom. The van der Waals surface area contributed by atoms with E-state index in [4.69, 9.17) is 9.47 Å². The van der Waals surface area contributed by atoms with Gasteiger partial charge in [0.1, 0.15) is 35.1 Å². The van der Waals surface area contributed by atoms with Gasteiger partial charge in [-0.15, -0.1) is 0 Å². The van der Waals surface area contributed by atoms with E-state index in [2.05, 4.69) is 25.1 Å². The molecule has 0 radical (unpaired) electrons. The van der Waals surface area contributed by atoms with Gasteiger partial charge in [0.05, 0.1) is 17.5 Å². The van der Waals surface area contributed by atoms with Gasteiger partial charge >= 0.3 is 18.2 Å². The van der Waals surface area contributed by atoms with E-state index in [9.17, 15) is 37.8 Å². The molecule has 3 aromatic heterocycles. The normalized spacial score (nSPS) is 16.5. The van der Waals surface area contributed by atoms with Crippen molar-refractivity contribution in [2.75, 3.05) is 20.3 Å². The van der Waals surface area contributed by atoms with Gasteiger partial charge < -0.3 is 29.6 Å². The molecule has 14 nitrogen and oxygen atoms in total. The molecule has 2 unspecified atom stereocenters. The van der Waals surface area contributed by atoms with Crippen LogP contribution in [0.25, 0.3) is 32.7 Å². The van der Waals surface area contributed by atoms with E-state index in [1.54, 1.807) is 64.2 Å². The fourth-order valence-corrected chi connectivity index (χ4v) is 7.26. The number of amides is 2. The third kappa shape index (κ3) is 10.2. The number of carbonyl (C=O) groups is 3. The van der Waals surface area contributed by atoms with Crippen LogP contribution in [0.2, 0.25) is 0 Å². The summed E-state index contributed by atoms with van der Waals surface area (Å²) in [5, 5.41) is 24.5. The zero-order valence-electron chi connectivity index (χ0n) is 32.4. The molecule has 304 valence electrons. The van der Waals surface area contributed by atoms with Crippen molar-refractivity contribution in [2.45, 2.75) is 104 Å². The van der Waals surface area contributed by atoms with E-state index in [1.165, 1.54) is 16.7 Å². The number of alkyl halides is 3. The van der Waals surface area contributed by atoms with Gasteiger partial charge in [0, 0.05) is 54.9 Å². The first-order chi connectivity index (χ1) is 26.2. The van der Waals surface area contributed by atoms with E-state index in [-0.39, 0.29) is 31.8 Å². The molecule has 1 aromatic carbocycles. The number of methoxy groups -OCH3 is 1. The molecular formula is C38H48F3N7O7S. The maximum absolute atomic E-state index is 14.3. The van der Waals surface area contributed by atoms with Crippen molar-refractivity contribution in [3.63, 3.8) is 0 Å². The summed E-state index contributed by atoms with van der Waals surface area (Å²) in [6.07, 6.45) is -3.63. The molecule has 1 aliphatic heterocycles. The van der Waals surface area contributed by atoms with Crippen LogP contribution in [0.3, 0.4) is 0 Å². The van der Waals surface area contributed by atoms with E-state index in [0.29, 0.717) is 56.8 Å². The molecular weight excluding hydrogens is 756 g/mol. The first-order valence-corrected chi connectivity index (χ1v) is 18.9. The number of aliphatic hydroxyl groups is 1. The van der Waals surface area contributed by atoms with Gasteiger partial charge in [-0.25, -0.2) is 15.2 Å². The van der Waals surface area contributed by atoms with Crippen LogP contribution < -0.4 is 10.7 Å². The average Bonchev–Trinajstić information content (AvgIpc) is 3.71. The zero-order valence-corrected chi connectivity index (χ0v) is 33.2. The molecule has 0 aliphatic carbocycles. The fraction of sp³-hybridized carbons (Fsp3) is 0.526. The molecule has 1 aliphatic rings. The minimum Gasteiger partial charge on any atom is -0.480 e. The van der Waals surface area contributed by atoms with Gasteiger partial charge in [0.15, 0.2) is 0 Å². The lowest BCUT2D eigenvalue weighted by Gasteiger charge is -2.34. The van der Waals surface area contributed by atoms with Gasteiger partial charge in [0.25, 0.3) is 5.91 Å². The van der Waals surface area contributed by atoms with E-state index < -0.39 is 59.9 Å². The van der Waals surface area contributed by atoms with E-state index >= 15 is 0 Å². The lowest BCUT2D eigenvalue weighted by Crippen LogP contribution is -2.60. The minimum absolute atomic E-state index is 0.170. The van der Waals surface area contributed by atoms with Crippen molar-refractivity contribution in [3.8, 4) is 21.8 Å². The van der Waals surface area contributed by atoms with Crippen molar-refractivity contribution >= 4 is 40.4 Å². The zero-order chi connectivity index (χ0) is 41.2. The van der Waals surface area contributed by atoms with Crippen molar-refractivity contribution in [1.82, 2.24) is 34.7 Å². The van der Waals surface area contributed by atoms with Crippen LogP contribution in [-0.4, -0.2) is 96.2 Å². The number of carboxylic acids is 1. The summed E-state index contributed by atoms with van der Waals surface area (Å²) in [6, 6.07) is 6.16. The first kappa shape index (κ1) is 42.5. The second-order valence-corrected chi connectivity index (χ2v) is 16.4. The second kappa shape index (κ2) is 16.8. The molecule has 0 spiro atoms. The Balaban J connectivity index is 1.59. The summed E-state index contributed by atoms with van der Waals surface area (Å²) in [5.41, 5.74) is 3.80. The summed E-state index contributed by atoms with van der Waals surface area (Å²) in [5.74, 6) is -1.53. The number of benzene rings is 1. The number of nitrogens with zero attached hydrogens (tertiary/aromatic N) is 5. The highest BCUT2D eigenvalue weighted by Crippen LogP contribution is 2.42. The number of aliphatic carboxylic acids is 1. The number of carbonyl (C=O) groups excluding carboxylic acids is 2. The van der Waals surface area contributed by atoms with Crippen LogP contribution in [0, 0.1) is 5.41 Å². The van der Waals surface area contributed by atoms with E-state index in [1.807, 2.05) is 13.8 Å². The number of carboxylic acid groups (broad SMARTS) is 1. The molecule has 0 saturated carbocycles. The standard InChI is InChI=1S/C38H48F3N7O7S/c1-21(54-7)30-23(10-8-14-42-30)31-25(18-37(5,6)20-49)24-16-22(12-13-28(24)47(31)19-38(39,40)41)32-44-29(46-56-32)17-27(43-35(53)55-36(2,3)4)33(50)48-15-9-11-26(45-48)34(51)52/h8,10,12-14,16,21,26-27,45,49H,9,11,15,17-20H2,1-7H3,(H,43,53)(H,51,52)/t21-,26?,27?/m0/s1. The van der Waals surface area contributed by atoms with Gasteiger partial charge in [-0.1, -0.05) is 13.8 Å². The van der Waals surface area contributed by atoms with Crippen LogP contribution in [0.4, 0.5) is 18.0 Å². The number of nitrogens with one attached hydrogen (secondary N) is 2. The van der Waals surface area contributed by atoms with Crippen molar-refractivity contribution in [3.05, 3.63) is 53.6 Å². The second-order valence-electron chi connectivity index (χ2n) is 15.6. The number of alkyl carbamates (subject to hydrolysis) is 1. The monoisotopic (exact) mass is 803 g/mol. The van der Waals surface area contributed by atoms with Crippen molar-refractivity contribution in [1.29, 1.82) is 0 Å². The molecule has 18 heteroatoms. The number of ether oxygens (including phenoxy) is 2. The van der Waals surface area contributed by atoms with Gasteiger partial charge in [-0.3, -0.25) is 19.6 Å². The maximum atomic E-state index is 14.3. The number of fused-ring (bicyclic) bond motifs is 1. The molecule has 5 rings (SSSR count). The topological polar surface area (TPSA) is 181 Å². The molecule has 4 aromatic rings. The Morgan fingerprint density at radius 2 is 1.88 bits per heavy atom. The molecule has 2 amide bonds. The lowest BCUT2D eigenvalue weighted by atomic mass is 9.84. The number of hydrogen-bond acceptors (Lipinski definition) is 11. The third-order valence-electron chi connectivity index (χ3n) is 9.26. The number of hydrazine groups is 1. The molecule has 56 heavy (non-hydrogen) atoms. The summed E-state index contributed by atoms with van der Waals surface area (Å²) < 4.78 is 59.7. The highest BCUT2D eigenvalue weighted by Gasteiger charge is 2.36. The number of halogens is 3. The van der Waals surface area contributed by atoms with Crippen LogP contribution in [0.15, 0.2) is 36.5 Å². The Kier molecular flexibility index (Phi) is 12.8. The van der Waals surface area contributed by atoms with Crippen LogP contribution in [0.1, 0.15) is 77.6 Å². The fourth-order valence-electron chi connectivity index (χ4n) is 6.57. The number of rotatable bonds is 13.